The normalized spacial score (nSPS) is 9.56. The van der Waals surface area contributed by atoms with Crippen molar-refractivity contribution in [2.75, 3.05) is 0 Å². The second kappa shape index (κ2) is 4.08. The summed E-state index contributed by atoms with van der Waals surface area (Å²) in [7, 11) is 0. The van der Waals surface area contributed by atoms with Gasteiger partial charge in [0, 0.05) is 11.5 Å². The van der Waals surface area contributed by atoms with Gasteiger partial charge in [-0.1, -0.05) is 42.3 Å². The summed E-state index contributed by atoms with van der Waals surface area (Å²) in [6, 6.07) is 11.8. The quantitative estimate of drug-likeness (QED) is 0.678. The highest BCUT2D eigenvalue weighted by Gasteiger charge is 2.01. The summed E-state index contributed by atoms with van der Waals surface area (Å²) in [5.41, 5.74) is 1.79. The van der Waals surface area contributed by atoms with Gasteiger partial charge in [-0.25, -0.2) is 4.79 Å². The lowest BCUT2D eigenvalue weighted by molar-refractivity contribution is -0.130. The van der Waals surface area contributed by atoms with E-state index < -0.39 is 5.97 Å². The van der Waals surface area contributed by atoms with E-state index in [0.29, 0.717) is 0 Å². The Morgan fingerprint density at radius 3 is 2.69 bits per heavy atom. The van der Waals surface area contributed by atoms with Crippen molar-refractivity contribution in [2.24, 2.45) is 0 Å². The molecule has 0 saturated carbocycles. The fraction of sp³-hybridized carbons (Fsp3) is 0.0714. The van der Waals surface area contributed by atoms with Crippen LogP contribution in [0.4, 0.5) is 0 Å². The molecule has 0 heterocycles. The number of aryl methyl sites for hydroxylation is 1. The molecule has 0 unspecified atom stereocenters. The minimum atomic E-state index is -1.10. The van der Waals surface area contributed by atoms with Gasteiger partial charge in [-0.05, 0) is 23.3 Å². The lowest BCUT2D eigenvalue weighted by Crippen LogP contribution is -1.90. The van der Waals surface area contributed by atoms with E-state index in [1.165, 1.54) is 0 Å². The van der Waals surface area contributed by atoms with E-state index in [2.05, 4.69) is 11.8 Å². The minimum absolute atomic E-state index is 0.792. The molecule has 0 aliphatic rings. The summed E-state index contributed by atoms with van der Waals surface area (Å²) in [5, 5.41) is 10.6. The van der Waals surface area contributed by atoms with Gasteiger partial charge in [0.15, 0.2) is 0 Å². The van der Waals surface area contributed by atoms with Crippen molar-refractivity contribution in [2.45, 2.75) is 6.92 Å². The number of hydrogen-bond donors (Lipinski definition) is 1. The second-order valence-electron chi connectivity index (χ2n) is 3.53. The monoisotopic (exact) mass is 210 g/mol. The van der Waals surface area contributed by atoms with Crippen molar-refractivity contribution in [3.05, 3.63) is 47.5 Å². The lowest BCUT2D eigenvalue weighted by atomic mass is 10.0. The van der Waals surface area contributed by atoms with Crippen molar-refractivity contribution in [1.29, 1.82) is 0 Å². The first kappa shape index (κ1) is 10.3. The fourth-order valence-corrected chi connectivity index (χ4v) is 1.66. The van der Waals surface area contributed by atoms with Gasteiger partial charge < -0.3 is 5.11 Å². The standard InChI is InChI=1S/C14H10O2/c1-10-6-7-11-4-2-3-5-13(11)12(10)8-9-14(15)16/h2-7H,1H3,(H,15,16). The Kier molecular flexibility index (Phi) is 2.61. The number of benzene rings is 2. The molecule has 2 heteroatoms. The Bertz CT molecular complexity index is 615. The molecule has 0 bridgehead atoms. The van der Waals surface area contributed by atoms with Crippen LogP contribution in [0.15, 0.2) is 36.4 Å². The molecule has 2 rings (SSSR count). The third-order valence-corrected chi connectivity index (χ3v) is 2.43. The van der Waals surface area contributed by atoms with E-state index in [1.807, 2.05) is 43.3 Å². The molecule has 0 spiro atoms. The highest BCUT2D eigenvalue weighted by Crippen LogP contribution is 2.20. The Hall–Kier alpha value is -2.27. The smallest absolute Gasteiger partial charge is 0.382 e. The zero-order valence-corrected chi connectivity index (χ0v) is 8.82. The summed E-state index contributed by atoms with van der Waals surface area (Å²) in [6.07, 6.45) is 0. The van der Waals surface area contributed by atoms with Crippen LogP contribution in [-0.4, -0.2) is 11.1 Å². The van der Waals surface area contributed by atoms with Crippen LogP contribution in [-0.2, 0) is 4.79 Å². The van der Waals surface area contributed by atoms with Crippen molar-refractivity contribution in [1.82, 2.24) is 0 Å². The number of carboxylic acids is 1. The fourth-order valence-electron chi connectivity index (χ4n) is 1.66. The van der Waals surface area contributed by atoms with Crippen LogP contribution in [0.25, 0.3) is 10.8 Å². The van der Waals surface area contributed by atoms with Crippen LogP contribution in [0.1, 0.15) is 11.1 Å². The summed E-state index contributed by atoms with van der Waals surface area (Å²) < 4.78 is 0. The van der Waals surface area contributed by atoms with Crippen LogP contribution in [0, 0.1) is 18.8 Å². The maximum atomic E-state index is 10.4. The molecule has 1 N–H and O–H groups in total. The Morgan fingerprint density at radius 2 is 1.94 bits per heavy atom. The first-order valence-electron chi connectivity index (χ1n) is 4.92. The maximum Gasteiger partial charge on any atom is 0.382 e. The molecule has 2 nitrogen and oxygen atoms in total. The number of carbonyl (C=O) groups is 1. The molecule has 0 aliphatic heterocycles. The molecule has 0 aromatic heterocycles. The van der Waals surface area contributed by atoms with Gasteiger partial charge in [0.25, 0.3) is 0 Å². The average molecular weight is 210 g/mol. The molecule has 0 radical (unpaired) electrons. The van der Waals surface area contributed by atoms with Gasteiger partial charge in [0.2, 0.25) is 0 Å². The van der Waals surface area contributed by atoms with Crippen LogP contribution in [0.3, 0.4) is 0 Å². The van der Waals surface area contributed by atoms with Crippen LogP contribution < -0.4 is 0 Å². The third-order valence-electron chi connectivity index (χ3n) is 2.43. The van der Waals surface area contributed by atoms with Gasteiger partial charge >= 0.3 is 5.97 Å². The minimum Gasteiger partial charge on any atom is -0.472 e. The van der Waals surface area contributed by atoms with Gasteiger partial charge in [0.1, 0.15) is 0 Å². The summed E-state index contributed by atoms with van der Waals surface area (Å²) in [6.45, 7) is 1.93. The van der Waals surface area contributed by atoms with E-state index in [1.54, 1.807) is 0 Å². The van der Waals surface area contributed by atoms with E-state index >= 15 is 0 Å². The molecule has 0 amide bonds. The van der Waals surface area contributed by atoms with Crippen LogP contribution in [0.5, 0.6) is 0 Å². The highest BCUT2D eigenvalue weighted by molar-refractivity contribution is 5.92. The molecule has 16 heavy (non-hydrogen) atoms. The predicted octanol–water partition coefficient (Wildman–Crippen LogP) is 2.58. The van der Waals surface area contributed by atoms with Crippen molar-refractivity contribution < 1.29 is 9.90 Å². The van der Waals surface area contributed by atoms with Gasteiger partial charge in [-0.3, -0.25) is 0 Å². The number of aliphatic carboxylic acids is 1. The SMILES string of the molecule is Cc1ccc2ccccc2c1C#CC(=O)O. The Balaban J connectivity index is 2.72. The lowest BCUT2D eigenvalue weighted by Gasteiger charge is -2.03. The molecular weight excluding hydrogens is 200 g/mol. The summed E-state index contributed by atoms with van der Waals surface area (Å²) in [4.78, 5) is 10.4. The van der Waals surface area contributed by atoms with Crippen molar-refractivity contribution >= 4 is 16.7 Å². The molecule has 2 aromatic rings. The number of hydrogen-bond acceptors (Lipinski definition) is 1. The van der Waals surface area contributed by atoms with Gasteiger partial charge in [-0.15, -0.1) is 0 Å². The Labute approximate surface area is 93.5 Å². The molecule has 0 atom stereocenters. The highest BCUT2D eigenvalue weighted by atomic mass is 16.4. The van der Waals surface area contributed by atoms with Gasteiger partial charge in [-0.2, -0.15) is 0 Å². The zero-order valence-electron chi connectivity index (χ0n) is 8.82. The molecule has 78 valence electrons. The van der Waals surface area contributed by atoms with E-state index in [-0.39, 0.29) is 0 Å². The molecule has 0 saturated heterocycles. The number of fused-ring (bicyclic) bond motifs is 1. The second-order valence-corrected chi connectivity index (χ2v) is 3.53. The van der Waals surface area contributed by atoms with E-state index in [4.69, 9.17) is 5.11 Å². The topological polar surface area (TPSA) is 37.3 Å². The summed E-state index contributed by atoms with van der Waals surface area (Å²) in [5.74, 6) is 3.76. The van der Waals surface area contributed by atoms with Gasteiger partial charge in [0.05, 0.1) is 0 Å². The van der Waals surface area contributed by atoms with E-state index in [9.17, 15) is 4.79 Å². The first-order valence-corrected chi connectivity index (χ1v) is 4.92. The third kappa shape index (κ3) is 1.89. The molecule has 2 aromatic carbocycles. The number of rotatable bonds is 0. The largest absolute Gasteiger partial charge is 0.472 e. The first-order chi connectivity index (χ1) is 7.68. The van der Waals surface area contributed by atoms with Crippen molar-refractivity contribution in [3.8, 4) is 11.8 Å². The van der Waals surface area contributed by atoms with Crippen LogP contribution in [0.2, 0.25) is 0 Å². The number of carboxylic acid groups (broad SMARTS) is 1. The zero-order chi connectivity index (χ0) is 11.5. The van der Waals surface area contributed by atoms with E-state index in [0.717, 1.165) is 21.9 Å². The summed E-state index contributed by atoms with van der Waals surface area (Å²) >= 11 is 0. The Morgan fingerprint density at radius 1 is 1.19 bits per heavy atom. The maximum absolute atomic E-state index is 10.4. The molecular formula is C14H10O2. The van der Waals surface area contributed by atoms with Crippen molar-refractivity contribution in [3.63, 3.8) is 0 Å². The predicted molar refractivity (Wildman–Crippen MR) is 63.2 cm³/mol. The average Bonchev–Trinajstić information content (AvgIpc) is 2.27. The van der Waals surface area contributed by atoms with Crippen LogP contribution >= 0.6 is 0 Å². The molecule has 0 aliphatic carbocycles. The molecule has 0 fully saturated rings.